The van der Waals surface area contributed by atoms with Crippen molar-refractivity contribution in [3.05, 3.63) is 92.5 Å². The van der Waals surface area contributed by atoms with E-state index in [0.29, 0.717) is 17.0 Å². The second kappa shape index (κ2) is 9.64. The largest absolute Gasteiger partial charge is 0.507 e. The number of ketones is 1. The van der Waals surface area contributed by atoms with E-state index in [0.717, 1.165) is 11.1 Å². The predicted octanol–water partition coefficient (Wildman–Crippen LogP) is 6.25. The zero-order chi connectivity index (χ0) is 25.4. The fraction of sp³-hybridized carbons (Fsp3) is 0.185. The Kier molecular flexibility index (Phi) is 6.79. The number of rotatable bonds is 5. The summed E-state index contributed by atoms with van der Waals surface area (Å²) >= 11 is 12.5. The molecule has 0 radical (unpaired) electrons. The minimum absolute atomic E-state index is 0.0734. The molecule has 1 aliphatic rings. The number of anilines is 1. The summed E-state index contributed by atoms with van der Waals surface area (Å²) in [5.41, 5.74) is 3.30. The number of hydrogen-bond donors (Lipinski definition) is 1. The first-order chi connectivity index (χ1) is 16.7. The highest BCUT2D eigenvalue weighted by Crippen LogP contribution is 2.44. The smallest absolute Gasteiger partial charge is 0.300 e. The molecule has 0 aromatic heterocycles. The van der Waals surface area contributed by atoms with E-state index in [1.165, 1.54) is 24.1 Å². The van der Waals surface area contributed by atoms with E-state index in [1.807, 2.05) is 26.0 Å². The minimum atomic E-state index is -0.886. The van der Waals surface area contributed by atoms with Gasteiger partial charge in [0.2, 0.25) is 0 Å². The molecule has 1 atom stereocenters. The van der Waals surface area contributed by atoms with E-state index in [4.69, 9.17) is 32.7 Å². The summed E-state index contributed by atoms with van der Waals surface area (Å²) in [6, 6.07) is 14.5. The standard InChI is InChI=1S/C27H23Cl2NO5/c1-14-5-8-18(11-15(14)2)30-23(16-6-9-19(34-3)10-7-16)22(25(32)27(30)33)24(31)17-12-20(28)26(35-4)21(29)13-17/h5-13,23,31H,1-4H3/b24-22+. The highest BCUT2D eigenvalue weighted by Gasteiger charge is 2.47. The second-order valence-electron chi connectivity index (χ2n) is 8.18. The Morgan fingerprint density at radius 2 is 1.51 bits per heavy atom. The number of ether oxygens (including phenoxy) is 2. The molecule has 1 amide bonds. The van der Waals surface area contributed by atoms with Gasteiger partial charge in [-0.2, -0.15) is 0 Å². The van der Waals surface area contributed by atoms with Crippen molar-refractivity contribution in [1.82, 2.24) is 0 Å². The van der Waals surface area contributed by atoms with Crippen LogP contribution in [-0.4, -0.2) is 31.0 Å². The maximum absolute atomic E-state index is 13.3. The van der Waals surface area contributed by atoms with Crippen molar-refractivity contribution in [3.63, 3.8) is 0 Å². The molecule has 1 unspecified atom stereocenters. The topological polar surface area (TPSA) is 76.1 Å². The molecule has 3 aromatic carbocycles. The second-order valence-corrected chi connectivity index (χ2v) is 9.00. The Morgan fingerprint density at radius 3 is 2.06 bits per heavy atom. The molecule has 0 bridgehead atoms. The van der Waals surface area contributed by atoms with Crippen molar-refractivity contribution in [2.45, 2.75) is 19.9 Å². The van der Waals surface area contributed by atoms with Gasteiger partial charge in [-0.1, -0.05) is 41.4 Å². The highest BCUT2D eigenvalue weighted by atomic mass is 35.5. The minimum Gasteiger partial charge on any atom is -0.507 e. The lowest BCUT2D eigenvalue weighted by molar-refractivity contribution is -0.132. The number of carbonyl (C=O) groups is 2. The van der Waals surface area contributed by atoms with Crippen LogP contribution >= 0.6 is 23.2 Å². The maximum atomic E-state index is 13.3. The third-order valence-corrected chi connectivity index (χ3v) is 6.68. The van der Waals surface area contributed by atoms with Crippen LogP contribution < -0.4 is 14.4 Å². The van der Waals surface area contributed by atoms with Crippen LogP contribution in [0.5, 0.6) is 11.5 Å². The normalized spacial score (nSPS) is 17.1. The van der Waals surface area contributed by atoms with Gasteiger partial charge in [-0.15, -0.1) is 0 Å². The Hall–Kier alpha value is -3.48. The van der Waals surface area contributed by atoms with Gasteiger partial charge in [-0.05, 0) is 66.9 Å². The Balaban J connectivity index is 1.96. The van der Waals surface area contributed by atoms with Crippen LogP contribution in [0.15, 0.2) is 60.2 Å². The molecule has 0 saturated carbocycles. The van der Waals surface area contributed by atoms with Crippen molar-refractivity contribution in [3.8, 4) is 11.5 Å². The van der Waals surface area contributed by atoms with Crippen molar-refractivity contribution < 1.29 is 24.2 Å². The van der Waals surface area contributed by atoms with Gasteiger partial charge in [0.15, 0.2) is 5.75 Å². The van der Waals surface area contributed by atoms with Crippen LogP contribution in [0.3, 0.4) is 0 Å². The van der Waals surface area contributed by atoms with Gasteiger partial charge in [0.05, 0.1) is 35.9 Å². The molecule has 1 N–H and O–H groups in total. The molecular formula is C27H23Cl2NO5. The molecule has 1 fully saturated rings. The van der Waals surface area contributed by atoms with E-state index < -0.39 is 17.7 Å². The van der Waals surface area contributed by atoms with Gasteiger partial charge in [-0.3, -0.25) is 14.5 Å². The van der Waals surface area contributed by atoms with Gasteiger partial charge in [-0.25, -0.2) is 0 Å². The number of benzene rings is 3. The van der Waals surface area contributed by atoms with E-state index >= 15 is 0 Å². The number of Topliss-reactive ketones (excluding diaryl/α,β-unsaturated/α-hetero) is 1. The molecule has 1 heterocycles. The number of methoxy groups -OCH3 is 2. The number of carbonyl (C=O) groups excluding carboxylic acids is 2. The van der Waals surface area contributed by atoms with Crippen molar-refractivity contribution in [2.24, 2.45) is 0 Å². The number of amides is 1. The van der Waals surface area contributed by atoms with E-state index in [9.17, 15) is 14.7 Å². The van der Waals surface area contributed by atoms with Gasteiger partial charge in [0, 0.05) is 11.3 Å². The molecule has 6 nitrogen and oxygen atoms in total. The quantitative estimate of drug-likeness (QED) is 0.248. The van der Waals surface area contributed by atoms with Crippen LogP contribution in [0.2, 0.25) is 10.0 Å². The van der Waals surface area contributed by atoms with Gasteiger partial charge < -0.3 is 14.6 Å². The SMILES string of the molecule is COc1ccc(C2/C(=C(\O)c3cc(Cl)c(OC)c(Cl)c3)C(=O)C(=O)N2c2ccc(C)c(C)c2)cc1. The lowest BCUT2D eigenvalue weighted by atomic mass is 9.95. The highest BCUT2D eigenvalue weighted by molar-refractivity contribution is 6.51. The Bertz CT molecular complexity index is 1340. The number of aryl methyl sites for hydroxylation is 2. The average Bonchev–Trinajstić information content (AvgIpc) is 3.10. The molecule has 180 valence electrons. The monoisotopic (exact) mass is 511 g/mol. The van der Waals surface area contributed by atoms with Crippen LogP contribution in [0.1, 0.15) is 28.3 Å². The van der Waals surface area contributed by atoms with E-state index in [2.05, 4.69) is 0 Å². The van der Waals surface area contributed by atoms with Crippen LogP contribution in [0.4, 0.5) is 5.69 Å². The first-order valence-corrected chi connectivity index (χ1v) is 11.5. The summed E-state index contributed by atoms with van der Waals surface area (Å²) in [6.07, 6.45) is 0. The van der Waals surface area contributed by atoms with Crippen molar-refractivity contribution >= 4 is 46.3 Å². The molecule has 3 aromatic rings. The molecule has 8 heteroatoms. The van der Waals surface area contributed by atoms with Crippen molar-refractivity contribution in [1.29, 1.82) is 0 Å². The molecule has 4 rings (SSSR count). The Labute approximate surface area is 213 Å². The molecule has 0 aliphatic carbocycles. The van der Waals surface area contributed by atoms with Crippen LogP contribution in [-0.2, 0) is 9.59 Å². The summed E-state index contributed by atoms with van der Waals surface area (Å²) in [6.45, 7) is 3.89. The van der Waals surface area contributed by atoms with Crippen molar-refractivity contribution in [2.75, 3.05) is 19.1 Å². The van der Waals surface area contributed by atoms with E-state index in [1.54, 1.807) is 37.4 Å². The fourth-order valence-electron chi connectivity index (χ4n) is 4.12. The molecule has 0 spiro atoms. The predicted molar refractivity (Wildman–Crippen MR) is 137 cm³/mol. The summed E-state index contributed by atoms with van der Waals surface area (Å²) in [5.74, 6) is -1.09. The summed E-state index contributed by atoms with van der Waals surface area (Å²) < 4.78 is 10.4. The first kappa shape index (κ1) is 24.6. The molecule has 1 aliphatic heterocycles. The summed E-state index contributed by atoms with van der Waals surface area (Å²) in [4.78, 5) is 28.1. The zero-order valence-electron chi connectivity index (χ0n) is 19.6. The number of aliphatic hydroxyl groups is 1. The number of halogens is 2. The van der Waals surface area contributed by atoms with Crippen LogP contribution in [0, 0.1) is 13.8 Å². The Morgan fingerprint density at radius 1 is 0.886 bits per heavy atom. The lowest BCUT2D eigenvalue weighted by Crippen LogP contribution is -2.29. The lowest BCUT2D eigenvalue weighted by Gasteiger charge is -2.26. The number of nitrogens with zero attached hydrogens (tertiary/aromatic N) is 1. The fourth-order valence-corrected chi connectivity index (χ4v) is 4.76. The maximum Gasteiger partial charge on any atom is 0.300 e. The number of aliphatic hydroxyl groups excluding tert-OH is 1. The third-order valence-electron chi connectivity index (χ3n) is 6.12. The summed E-state index contributed by atoms with van der Waals surface area (Å²) in [5, 5.41) is 11.6. The molecule has 1 saturated heterocycles. The van der Waals surface area contributed by atoms with Crippen LogP contribution in [0.25, 0.3) is 5.76 Å². The molecular weight excluding hydrogens is 489 g/mol. The molecule has 35 heavy (non-hydrogen) atoms. The summed E-state index contributed by atoms with van der Waals surface area (Å²) in [7, 11) is 2.97. The number of hydrogen-bond acceptors (Lipinski definition) is 5. The van der Waals surface area contributed by atoms with E-state index in [-0.39, 0.29) is 32.7 Å². The van der Waals surface area contributed by atoms with Gasteiger partial charge >= 0.3 is 0 Å². The van der Waals surface area contributed by atoms with Gasteiger partial charge in [0.25, 0.3) is 11.7 Å². The first-order valence-electron chi connectivity index (χ1n) is 10.7. The average molecular weight is 512 g/mol. The third kappa shape index (κ3) is 4.35. The zero-order valence-corrected chi connectivity index (χ0v) is 21.1. The van der Waals surface area contributed by atoms with Gasteiger partial charge in [0.1, 0.15) is 11.5 Å².